The van der Waals surface area contributed by atoms with Gasteiger partial charge in [0.15, 0.2) is 0 Å². The number of hydrogen-bond acceptors (Lipinski definition) is 3. The van der Waals surface area contributed by atoms with E-state index in [0.29, 0.717) is 13.2 Å². The normalized spacial score (nSPS) is 12.4. The van der Waals surface area contributed by atoms with Gasteiger partial charge in [0.05, 0.1) is 6.61 Å². The number of para-hydroxylation sites is 1. The summed E-state index contributed by atoms with van der Waals surface area (Å²) in [5.74, 6) is 0.773. The van der Waals surface area contributed by atoms with Crippen LogP contribution in [0.3, 0.4) is 0 Å². The van der Waals surface area contributed by atoms with Crippen molar-refractivity contribution >= 4 is 0 Å². The lowest BCUT2D eigenvalue weighted by atomic mass is 10.3. The quantitative estimate of drug-likeness (QED) is 0.688. The fourth-order valence-electron chi connectivity index (χ4n) is 1.22. The Bertz CT molecular complexity index is 261. The van der Waals surface area contributed by atoms with Crippen LogP contribution in [0.1, 0.15) is 19.8 Å². The molecule has 0 aliphatic heterocycles. The number of benzene rings is 1. The van der Waals surface area contributed by atoms with Crippen LogP contribution in [0, 0.1) is 0 Å². The summed E-state index contributed by atoms with van der Waals surface area (Å²) in [7, 11) is 0. The number of hydrogen-bond donors (Lipinski definition) is 1. The van der Waals surface area contributed by atoms with Gasteiger partial charge in [-0.05, 0) is 18.6 Å². The van der Waals surface area contributed by atoms with E-state index in [4.69, 9.17) is 9.47 Å². The standard InChI is InChI=1S/C13H20O3/c1-2-3-9-15-10-12(14)11-16-13-7-5-4-6-8-13/h4-8,12,14H,2-3,9-11H2,1H3. The van der Waals surface area contributed by atoms with Gasteiger partial charge in [0.25, 0.3) is 0 Å². The summed E-state index contributed by atoms with van der Waals surface area (Å²) < 4.78 is 10.7. The van der Waals surface area contributed by atoms with Crippen molar-refractivity contribution in [3.05, 3.63) is 30.3 Å². The molecule has 0 aliphatic carbocycles. The predicted molar refractivity (Wildman–Crippen MR) is 63.7 cm³/mol. The van der Waals surface area contributed by atoms with Crippen LogP contribution in [0.5, 0.6) is 5.75 Å². The van der Waals surface area contributed by atoms with E-state index in [2.05, 4.69) is 6.92 Å². The van der Waals surface area contributed by atoms with Crippen molar-refractivity contribution in [3.8, 4) is 5.75 Å². The molecule has 0 saturated heterocycles. The van der Waals surface area contributed by atoms with Gasteiger partial charge in [-0.25, -0.2) is 0 Å². The molecule has 1 aromatic carbocycles. The van der Waals surface area contributed by atoms with E-state index >= 15 is 0 Å². The maximum absolute atomic E-state index is 9.56. The van der Waals surface area contributed by atoms with E-state index in [9.17, 15) is 5.11 Å². The minimum atomic E-state index is -0.558. The van der Waals surface area contributed by atoms with Crippen LogP contribution < -0.4 is 4.74 Å². The molecule has 0 radical (unpaired) electrons. The molecule has 1 unspecified atom stereocenters. The van der Waals surface area contributed by atoms with Crippen molar-refractivity contribution in [2.75, 3.05) is 19.8 Å². The molecule has 0 saturated carbocycles. The number of unbranched alkanes of at least 4 members (excludes halogenated alkanes) is 1. The van der Waals surface area contributed by atoms with Gasteiger partial charge in [-0.3, -0.25) is 0 Å². The molecule has 0 heterocycles. The van der Waals surface area contributed by atoms with Gasteiger partial charge in [0, 0.05) is 6.61 Å². The number of aliphatic hydroxyl groups excluding tert-OH is 1. The number of ether oxygens (including phenoxy) is 2. The molecule has 0 aliphatic rings. The number of rotatable bonds is 8. The summed E-state index contributed by atoms with van der Waals surface area (Å²) in [6.45, 7) is 3.43. The van der Waals surface area contributed by atoms with Crippen molar-refractivity contribution in [3.63, 3.8) is 0 Å². The Morgan fingerprint density at radius 2 is 1.94 bits per heavy atom. The zero-order valence-corrected chi connectivity index (χ0v) is 9.76. The third-order valence-corrected chi connectivity index (χ3v) is 2.14. The van der Waals surface area contributed by atoms with Gasteiger partial charge in [-0.15, -0.1) is 0 Å². The second-order valence-electron chi connectivity index (χ2n) is 3.71. The van der Waals surface area contributed by atoms with E-state index in [1.807, 2.05) is 30.3 Å². The largest absolute Gasteiger partial charge is 0.491 e. The third kappa shape index (κ3) is 5.73. The first kappa shape index (κ1) is 13.0. The Labute approximate surface area is 97.0 Å². The Hall–Kier alpha value is -1.06. The van der Waals surface area contributed by atoms with Crippen LogP contribution in [0.15, 0.2) is 30.3 Å². The Morgan fingerprint density at radius 1 is 1.19 bits per heavy atom. The fourth-order valence-corrected chi connectivity index (χ4v) is 1.22. The molecular weight excluding hydrogens is 204 g/mol. The van der Waals surface area contributed by atoms with Gasteiger partial charge < -0.3 is 14.6 Å². The van der Waals surface area contributed by atoms with Gasteiger partial charge >= 0.3 is 0 Å². The molecule has 16 heavy (non-hydrogen) atoms. The summed E-state index contributed by atoms with van der Waals surface area (Å²) in [6.07, 6.45) is 1.58. The topological polar surface area (TPSA) is 38.7 Å². The fraction of sp³-hybridized carbons (Fsp3) is 0.538. The molecule has 3 heteroatoms. The van der Waals surface area contributed by atoms with Crippen molar-refractivity contribution in [2.24, 2.45) is 0 Å². The highest BCUT2D eigenvalue weighted by molar-refractivity contribution is 5.20. The van der Waals surface area contributed by atoms with Crippen molar-refractivity contribution in [1.82, 2.24) is 0 Å². The van der Waals surface area contributed by atoms with Crippen molar-refractivity contribution in [1.29, 1.82) is 0 Å². The van der Waals surface area contributed by atoms with Crippen LogP contribution in [0.4, 0.5) is 0 Å². The minimum Gasteiger partial charge on any atom is -0.491 e. The maximum atomic E-state index is 9.56. The Kier molecular flexibility index (Phi) is 6.61. The summed E-state index contributed by atoms with van der Waals surface area (Å²) in [6, 6.07) is 9.46. The molecule has 0 bridgehead atoms. The monoisotopic (exact) mass is 224 g/mol. The van der Waals surface area contributed by atoms with E-state index in [-0.39, 0.29) is 6.61 Å². The van der Waals surface area contributed by atoms with Crippen LogP contribution in [0.2, 0.25) is 0 Å². The lowest BCUT2D eigenvalue weighted by Crippen LogP contribution is -2.23. The van der Waals surface area contributed by atoms with Crippen LogP contribution in [0.25, 0.3) is 0 Å². The second-order valence-corrected chi connectivity index (χ2v) is 3.71. The average Bonchev–Trinajstić information content (AvgIpc) is 2.33. The molecule has 0 spiro atoms. The zero-order chi connectivity index (χ0) is 11.6. The first-order valence-corrected chi connectivity index (χ1v) is 5.76. The smallest absolute Gasteiger partial charge is 0.119 e. The molecule has 90 valence electrons. The molecule has 1 N–H and O–H groups in total. The van der Waals surface area contributed by atoms with E-state index in [1.165, 1.54) is 0 Å². The highest BCUT2D eigenvalue weighted by atomic mass is 16.5. The third-order valence-electron chi connectivity index (χ3n) is 2.14. The van der Waals surface area contributed by atoms with Gasteiger partial charge in [-0.1, -0.05) is 31.5 Å². The minimum absolute atomic E-state index is 0.274. The molecule has 1 atom stereocenters. The molecule has 1 rings (SSSR count). The highest BCUT2D eigenvalue weighted by Crippen LogP contribution is 2.08. The molecule has 1 aromatic rings. The summed E-state index contributed by atoms with van der Waals surface area (Å²) in [4.78, 5) is 0. The van der Waals surface area contributed by atoms with Crippen molar-refractivity contribution in [2.45, 2.75) is 25.9 Å². The van der Waals surface area contributed by atoms with Crippen LogP contribution in [-0.4, -0.2) is 31.0 Å². The summed E-state index contributed by atoms with van der Waals surface area (Å²) >= 11 is 0. The van der Waals surface area contributed by atoms with E-state index < -0.39 is 6.10 Å². The SMILES string of the molecule is CCCCOCC(O)COc1ccccc1. The number of aliphatic hydroxyl groups is 1. The van der Waals surface area contributed by atoms with Crippen LogP contribution >= 0.6 is 0 Å². The highest BCUT2D eigenvalue weighted by Gasteiger charge is 2.04. The van der Waals surface area contributed by atoms with Crippen LogP contribution in [-0.2, 0) is 4.74 Å². The molecule has 0 amide bonds. The van der Waals surface area contributed by atoms with Gasteiger partial charge in [0.2, 0.25) is 0 Å². The van der Waals surface area contributed by atoms with E-state index in [0.717, 1.165) is 18.6 Å². The second kappa shape index (κ2) is 8.13. The first-order chi connectivity index (χ1) is 7.83. The van der Waals surface area contributed by atoms with Gasteiger partial charge in [0.1, 0.15) is 18.5 Å². The summed E-state index contributed by atoms with van der Waals surface area (Å²) in [5, 5.41) is 9.56. The maximum Gasteiger partial charge on any atom is 0.119 e. The molecule has 3 nitrogen and oxygen atoms in total. The van der Waals surface area contributed by atoms with Gasteiger partial charge in [-0.2, -0.15) is 0 Å². The predicted octanol–water partition coefficient (Wildman–Crippen LogP) is 2.24. The summed E-state index contributed by atoms with van der Waals surface area (Å²) in [5.41, 5.74) is 0. The Morgan fingerprint density at radius 3 is 2.62 bits per heavy atom. The molecule has 0 fully saturated rings. The lowest BCUT2D eigenvalue weighted by molar-refractivity contribution is 0.0113. The average molecular weight is 224 g/mol. The Balaban J connectivity index is 2.08. The van der Waals surface area contributed by atoms with E-state index in [1.54, 1.807) is 0 Å². The molecule has 0 aromatic heterocycles. The first-order valence-electron chi connectivity index (χ1n) is 5.76. The van der Waals surface area contributed by atoms with Crippen molar-refractivity contribution < 1.29 is 14.6 Å². The molecular formula is C13H20O3. The zero-order valence-electron chi connectivity index (χ0n) is 9.76. The lowest BCUT2D eigenvalue weighted by Gasteiger charge is -2.12.